The minimum Gasteiger partial charge on any atom is -0.481 e. The standard InChI is InChI=1S/C6H9F3O5S/c7-6(8,9)15(12,13)14-4-2-1-3-5(10)11/h1-4H2,(H,10,11). The van der Waals surface area contributed by atoms with Crippen molar-refractivity contribution in [2.45, 2.75) is 24.8 Å². The molecule has 0 amide bonds. The van der Waals surface area contributed by atoms with Gasteiger partial charge >= 0.3 is 21.6 Å². The van der Waals surface area contributed by atoms with Gasteiger partial charge in [-0.05, 0) is 12.8 Å². The summed E-state index contributed by atoms with van der Waals surface area (Å²) in [5.74, 6) is -1.10. The smallest absolute Gasteiger partial charge is 0.481 e. The molecule has 0 aliphatic rings. The minimum atomic E-state index is -5.55. The summed E-state index contributed by atoms with van der Waals surface area (Å²) in [5.41, 5.74) is -5.43. The number of carbonyl (C=O) groups is 1. The summed E-state index contributed by atoms with van der Waals surface area (Å²) in [7, 11) is -5.55. The van der Waals surface area contributed by atoms with Crippen LogP contribution in [0, 0.1) is 0 Å². The fourth-order valence-corrected chi connectivity index (χ4v) is 1.08. The fourth-order valence-electron chi connectivity index (χ4n) is 0.614. The van der Waals surface area contributed by atoms with Crippen molar-refractivity contribution in [3.8, 4) is 0 Å². The van der Waals surface area contributed by atoms with E-state index in [4.69, 9.17) is 5.11 Å². The molecular weight excluding hydrogens is 241 g/mol. The monoisotopic (exact) mass is 250 g/mol. The number of halogens is 3. The van der Waals surface area contributed by atoms with Crippen LogP contribution in [0.2, 0.25) is 0 Å². The highest BCUT2D eigenvalue weighted by Gasteiger charge is 2.47. The van der Waals surface area contributed by atoms with Crippen molar-refractivity contribution in [3.63, 3.8) is 0 Å². The van der Waals surface area contributed by atoms with Gasteiger partial charge in [-0.3, -0.25) is 8.98 Å². The number of carboxylic acids is 1. The van der Waals surface area contributed by atoms with E-state index in [0.29, 0.717) is 0 Å². The Balaban J connectivity index is 3.83. The van der Waals surface area contributed by atoms with E-state index in [2.05, 4.69) is 4.18 Å². The Morgan fingerprint density at radius 1 is 1.27 bits per heavy atom. The molecule has 0 saturated carbocycles. The molecule has 5 nitrogen and oxygen atoms in total. The van der Waals surface area contributed by atoms with Crippen LogP contribution in [0.4, 0.5) is 13.2 Å². The van der Waals surface area contributed by atoms with E-state index in [0.717, 1.165) is 0 Å². The van der Waals surface area contributed by atoms with Gasteiger partial charge in [0.15, 0.2) is 0 Å². The van der Waals surface area contributed by atoms with Crippen LogP contribution in [0.15, 0.2) is 0 Å². The highest BCUT2D eigenvalue weighted by molar-refractivity contribution is 7.87. The van der Waals surface area contributed by atoms with Crippen molar-refractivity contribution < 1.29 is 35.7 Å². The maximum Gasteiger partial charge on any atom is 0.523 e. The summed E-state index contributed by atoms with van der Waals surface area (Å²) < 4.78 is 59.2. The van der Waals surface area contributed by atoms with Crippen molar-refractivity contribution >= 4 is 16.1 Å². The van der Waals surface area contributed by atoms with Crippen LogP contribution in [0.5, 0.6) is 0 Å². The van der Waals surface area contributed by atoms with Gasteiger partial charge in [-0.15, -0.1) is 0 Å². The molecule has 1 N–H and O–H groups in total. The minimum absolute atomic E-state index is 0.0582. The van der Waals surface area contributed by atoms with E-state index >= 15 is 0 Å². The van der Waals surface area contributed by atoms with Gasteiger partial charge in [-0.1, -0.05) is 0 Å². The predicted molar refractivity (Wildman–Crippen MR) is 42.4 cm³/mol. The van der Waals surface area contributed by atoms with Gasteiger partial charge in [-0.25, -0.2) is 0 Å². The van der Waals surface area contributed by atoms with Gasteiger partial charge in [0.25, 0.3) is 0 Å². The molecule has 0 aromatic rings. The van der Waals surface area contributed by atoms with Crippen molar-refractivity contribution in [3.05, 3.63) is 0 Å². The number of hydrogen-bond acceptors (Lipinski definition) is 4. The molecular formula is C6H9F3O5S. The molecule has 0 aliphatic carbocycles. The zero-order valence-electron chi connectivity index (χ0n) is 7.45. The molecule has 0 saturated heterocycles. The zero-order valence-corrected chi connectivity index (χ0v) is 8.27. The molecule has 0 atom stereocenters. The average molecular weight is 250 g/mol. The Bertz CT molecular complexity index is 307. The third-order valence-corrected chi connectivity index (χ3v) is 2.35. The molecule has 0 aromatic heterocycles. The van der Waals surface area contributed by atoms with Crippen molar-refractivity contribution in [1.82, 2.24) is 0 Å². The third kappa shape index (κ3) is 5.57. The summed E-state index contributed by atoms with van der Waals surface area (Å²) in [5, 5.41) is 8.16. The first-order valence-corrected chi connectivity index (χ1v) is 5.25. The second kappa shape index (κ2) is 5.31. The Labute approximate surface area is 84.0 Å². The number of carboxylic acid groups (broad SMARTS) is 1. The Kier molecular flexibility index (Phi) is 5.01. The van der Waals surface area contributed by atoms with Gasteiger partial charge in [0.2, 0.25) is 0 Å². The lowest BCUT2D eigenvalue weighted by molar-refractivity contribution is -0.137. The first-order valence-electron chi connectivity index (χ1n) is 3.84. The molecule has 0 aromatic carbocycles. The molecule has 0 fully saturated rings. The van der Waals surface area contributed by atoms with Crippen LogP contribution in [0.25, 0.3) is 0 Å². The lowest BCUT2D eigenvalue weighted by atomic mass is 10.2. The van der Waals surface area contributed by atoms with Crippen LogP contribution in [-0.2, 0) is 19.1 Å². The Hall–Kier alpha value is -0.830. The first kappa shape index (κ1) is 14.2. The molecule has 0 heterocycles. The first-order chi connectivity index (χ1) is 6.67. The number of aliphatic carboxylic acids is 1. The maximum atomic E-state index is 11.7. The van der Waals surface area contributed by atoms with E-state index in [-0.39, 0.29) is 19.3 Å². The SMILES string of the molecule is O=C(O)CCCCOS(=O)(=O)C(F)(F)F. The summed E-state index contributed by atoms with van der Waals surface area (Å²) in [6.07, 6.45) is -0.250. The molecule has 90 valence electrons. The molecule has 0 bridgehead atoms. The largest absolute Gasteiger partial charge is 0.523 e. The molecule has 0 radical (unpaired) electrons. The summed E-state index contributed by atoms with van der Waals surface area (Å²) in [6.45, 7) is -0.672. The summed E-state index contributed by atoms with van der Waals surface area (Å²) in [6, 6.07) is 0. The summed E-state index contributed by atoms with van der Waals surface area (Å²) >= 11 is 0. The molecule has 15 heavy (non-hydrogen) atoms. The highest BCUT2D eigenvalue weighted by Crippen LogP contribution is 2.24. The Morgan fingerprint density at radius 3 is 2.20 bits per heavy atom. The molecule has 9 heteroatoms. The lowest BCUT2D eigenvalue weighted by Crippen LogP contribution is -2.25. The topological polar surface area (TPSA) is 80.7 Å². The zero-order chi connectivity index (χ0) is 12.1. The fraction of sp³-hybridized carbons (Fsp3) is 0.833. The van der Waals surface area contributed by atoms with Crippen molar-refractivity contribution in [2.75, 3.05) is 6.61 Å². The van der Waals surface area contributed by atoms with Gasteiger partial charge in [0.05, 0.1) is 6.61 Å². The van der Waals surface area contributed by atoms with E-state index in [1.165, 1.54) is 0 Å². The van der Waals surface area contributed by atoms with Gasteiger partial charge < -0.3 is 5.11 Å². The molecule has 0 rings (SSSR count). The van der Waals surface area contributed by atoms with Crippen LogP contribution < -0.4 is 0 Å². The summed E-state index contributed by atoms with van der Waals surface area (Å²) in [4.78, 5) is 9.98. The van der Waals surface area contributed by atoms with E-state index in [1.54, 1.807) is 0 Å². The van der Waals surface area contributed by atoms with E-state index in [9.17, 15) is 26.4 Å². The number of hydrogen-bond donors (Lipinski definition) is 1. The van der Waals surface area contributed by atoms with Gasteiger partial charge in [-0.2, -0.15) is 21.6 Å². The molecule has 0 spiro atoms. The lowest BCUT2D eigenvalue weighted by Gasteiger charge is -2.07. The average Bonchev–Trinajstić information content (AvgIpc) is 2.00. The maximum absolute atomic E-state index is 11.7. The number of unbranched alkanes of at least 4 members (excludes halogenated alkanes) is 1. The van der Waals surface area contributed by atoms with Gasteiger partial charge in [0, 0.05) is 6.42 Å². The van der Waals surface area contributed by atoms with Crippen LogP contribution in [0.3, 0.4) is 0 Å². The highest BCUT2D eigenvalue weighted by atomic mass is 32.2. The molecule has 0 aliphatic heterocycles. The molecule has 0 unspecified atom stereocenters. The second-order valence-electron chi connectivity index (χ2n) is 2.57. The van der Waals surface area contributed by atoms with E-state index < -0.39 is 28.2 Å². The van der Waals surface area contributed by atoms with Crippen molar-refractivity contribution in [2.24, 2.45) is 0 Å². The number of rotatable bonds is 6. The Morgan fingerprint density at radius 2 is 1.80 bits per heavy atom. The van der Waals surface area contributed by atoms with Crippen LogP contribution in [0.1, 0.15) is 19.3 Å². The van der Waals surface area contributed by atoms with Crippen molar-refractivity contribution in [1.29, 1.82) is 0 Å². The van der Waals surface area contributed by atoms with Crippen LogP contribution >= 0.6 is 0 Å². The third-order valence-electron chi connectivity index (χ3n) is 1.31. The van der Waals surface area contributed by atoms with Gasteiger partial charge in [0.1, 0.15) is 0 Å². The van der Waals surface area contributed by atoms with Crippen LogP contribution in [-0.4, -0.2) is 31.6 Å². The normalized spacial score (nSPS) is 12.7. The quantitative estimate of drug-likeness (QED) is 0.434. The predicted octanol–water partition coefficient (Wildman–Crippen LogP) is 1.11. The number of alkyl halides is 3. The second-order valence-corrected chi connectivity index (χ2v) is 4.18. The van der Waals surface area contributed by atoms with E-state index in [1.807, 2.05) is 0 Å².